The molecule has 1 N–H and O–H groups in total. The molecular weight excluding hydrogens is 442 g/mol. The second kappa shape index (κ2) is 11.7. The molecule has 1 aliphatic heterocycles. The van der Waals surface area contributed by atoms with Crippen molar-refractivity contribution in [3.8, 4) is 11.5 Å². The van der Waals surface area contributed by atoms with Crippen molar-refractivity contribution in [1.29, 1.82) is 0 Å². The first-order valence-electron chi connectivity index (χ1n) is 12.2. The van der Waals surface area contributed by atoms with Crippen molar-refractivity contribution in [1.82, 2.24) is 4.90 Å². The highest BCUT2D eigenvalue weighted by molar-refractivity contribution is 6.46. The third-order valence-electron chi connectivity index (χ3n) is 6.04. The minimum Gasteiger partial charge on any atom is -0.507 e. The van der Waals surface area contributed by atoms with E-state index in [0.29, 0.717) is 36.6 Å². The lowest BCUT2D eigenvalue weighted by molar-refractivity contribution is -0.139. The molecule has 1 atom stereocenters. The highest BCUT2D eigenvalue weighted by atomic mass is 16.5. The highest BCUT2D eigenvalue weighted by Gasteiger charge is 2.45. The van der Waals surface area contributed by atoms with Crippen molar-refractivity contribution in [2.45, 2.75) is 52.5 Å². The fraction of sp³-hybridized carbons (Fsp3) is 0.379. The Hall–Kier alpha value is -3.54. The average Bonchev–Trinajstić information content (AvgIpc) is 3.11. The van der Waals surface area contributed by atoms with Gasteiger partial charge in [0.2, 0.25) is 0 Å². The van der Waals surface area contributed by atoms with Crippen LogP contribution in [0.2, 0.25) is 0 Å². The fourth-order valence-electron chi connectivity index (χ4n) is 4.30. The van der Waals surface area contributed by atoms with Gasteiger partial charge in [0.25, 0.3) is 11.7 Å². The van der Waals surface area contributed by atoms with Crippen molar-refractivity contribution in [3.05, 3.63) is 77.4 Å². The zero-order valence-corrected chi connectivity index (χ0v) is 21.0. The monoisotopic (exact) mass is 477 g/mol. The number of aliphatic hydroxyl groups excluding tert-OH is 1. The molecule has 1 fully saturated rings. The number of carbonyl (C=O) groups is 2. The van der Waals surface area contributed by atoms with Gasteiger partial charge in [0.05, 0.1) is 18.2 Å². The molecule has 1 aliphatic rings. The van der Waals surface area contributed by atoms with Crippen LogP contribution in [0.4, 0.5) is 0 Å². The van der Waals surface area contributed by atoms with E-state index in [4.69, 9.17) is 9.47 Å². The number of Topliss-reactive ketones (excluding diaryl/α,β-unsaturated/α-hetero) is 1. The number of unbranched alkanes of at least 4 members (excludes halogenated alkanes) is 1. The summed E-state index contributed by atoms with van der Waals surface area (Å²) in [5.41, 5.74) is 2.20. The zero-order valence-electron chi connectivity index (χ0n) is 21.0. The Morgan fingerprint density at radius 3 is 2.57 bits per heavy atom. The molecule has 6 heteroatoms. The Balaban J connectivity index is 2.16. The predicted molar refractivity (Wildman–Crippen MR) is 138 cm³/mol. The van der Waals surface area contributed by atoms with E-state index >= 15 is 0 Å². The molecule has 0 bridgehead atoms. The Morgan fingerprint density at radius 2 is 1.91 bits per heavy atom. The highest BCUT2D eigenvalue weighted by Crippen LogP contribution is 2.41. The van der Waals surface area contributed by atoms with Crippen molar-refractivity contribution in [3.63, 3.8) is 0 Å². The van der Waals surface area contributed by atoms with Gasteiger partial charge in [-0.3, -0.25) is 9.59 Å². The number of nitrogens with zero attached hydrogens (tertiary/aromatic N) is 1. The Kier molecular flexibility index (Phi) is 8.74. The summed E-state index contributed by atoms with van der Waals surface area (Å²) in [4.78, 5) is 27.9. The molecular formula is C29H35NO5. The zero-order chi connectivity index (χ0) is 25.5. The fourth-order valence-corrected chi connectivity index (χ4v) is 4.30. The quantitative estimate of drug-likeness (QED) is 0.186. The van der Waals surface area contributed by atoms with Crippen LogP contribution in [0, 0.1) is 0 Å². The summed E-state index contributed by atoms with van der Waals surface area (Å²) in [6.45, 7) is 13.0. The average molecular weight is 478 g/mol. The van der Waals surface area contributed by atoms with Crippen LogP contribution in [0.15, 0.2) is 60.7 Å². The van der Waals surface area contributed by atoms with E-state index in [1.807, 2.05) is 58.0 Å². The van der Waals surface area contributed by atoms with Gasteiger partial charge in [0, 0.05) is 12.1 Å². The van der Waals surface area contributed by atoms with Gasteiger partial charge in [0.1, 0.15) is 23.9 Å². The van der Waals surface area contributed by atoms with Crippen molar-refractivity contribution < 1.29 is 24.2 Å². The van der Waals surface area contributed by atoms with Gasteiger partial charge >= 0.3 is 0 Å². The molecule has 0 aromatic heterocycles. The minimum absolute atomic E-state index is 0.0887. The third-order valence-corrected chi connectivity index (χ3v) is 6.04. The summed E-state index contributed by atoms with van der Waals surface area (Å²) in [5, 5.41) is 11.4. The van der Waals surface area contributed by atoms with Gasteiger partial charge in [-0.25, -0.2) is 0 Å². The van der Waals surface area contributed by atoms with Crippen LogP contribution in [-0.4, -0.2) is 41.5 Å². The van der Waals surface area contributed by atoms with Gasteiger partial charge in [-0.2, -0.15) is 0 Å². The standard InChI is InChI=1S/C29H35NO5/c1-6-9-15-30-26(20-11-10-12-22(17-20)35-16-7-2)25(28(32)29(30)33)27(31)21-13-14-24(34-8-3)23(18-21)19(4)5/h7,10-14,17-19,26,31H,2,6,8-9,15-16H2,1,3-5H3/b27-25+. The van der Waals surface area contributed by atoms with E-state index in [-0.39, 0.29) is 17.3 Å². The molecule has 0 spiro atoms. The maximum absolute atomic E-state index is 13.2. The van der Waals surface area contributed by atoms with Crippen LogP contribution in [0.1, 0.15) is 69.2 Å². The number of amides is 1. The van der Waals surface area contributed by atoms with E-state index in [1.54, 1.807) is 23.1 Å². The molecule has 1 amide bonds. The number of rotatable bonds is 11. The van der Waals surface area contributed by atoms with Gasteiger partial charge in [0.15, 0.2) is 0 Å². The number of carbonyl (C=O) groups excluding carboxylic acids is 2. The topological polar surface area (TPSA) is 76.1 Å². The van der Waals surface area contributed by atoms with Crippen LogP contribution in [0.5, 0.6) is 11.5 Å². The van der Waals surface area contributed by atoms with E-state index in [0.717, 1.165) is 24.2 Å². The van der Waals surface area contributed by atoms with Crippen molar-refractivity contribution in [2.75, 3.05) is 19.8 Å². The summed E-state index contributed by atoms with van der Waals surface area (Å²) < 4.78 is 11.4. The number of benzene rings is 2. The first kappa shape index (κ1) is 26.1. The minimum atomic E-state index is -0.706. The van der Waals surface area contributed by atoms with Crippen LogP contribution >= 0.6 is 0 Å². The van der Waals surface area contributed by atoms with Gasteiger partial charge in [-0.15, -0.1) is 0 Å². The SMILES string of the molecule is C=CCOc1cccc(C2/C(=C(\O)c3ccc(OCC)c(C(C)C)c3)C(=O)C(=O)N2CCCC)c1. The molecule has 186 valence electrons. The van der Waals surface area contributed by atoms with Crippen LogP contribution in [0.25, 0.3) is 5.76 Å². The van der Waals surface area contributed by atoms with Gasteiger partial charge < -0.3 is 19.5 Å². The second-order valence-corrected chi connectivity index (χ2v) is 8.86. The first-order chi connectivity index (χ1) is 16.8. The molecule has 0 aliphatic carbocycles. The number of likely N-dealkylation sites (tertiary alicyclic amines) is 1. The number of ether oxygens (including phenoxy) is 2. The third kappa shape index (κ3) is 5.59. The first-order valence-corrected chi connectivity index (χ1v) is 12.2. The molecule has 35 heavy (non-hydrogen) atoms. The number of hydrogen-bond donors (Lipinski definition) is 1. The normalized spacial score (nSPS) is 17.2. The van der Waals surface area contributed by atoms with Gasteiger partial charge in [-0.1, -0.05) is 52.0 Å². The van der Waals surface area contributed by atoms with Crippen LogP contribution in [0.3, 0.4) is 0 Å². The lowest BCUT2D eigenvalue weighted by Crippen LogP contribution is -2.30. The number of hydrogen-bond acceptors (Lipinski definition) is 5. The summed E-state index contributed by atoms with van der Waals surface area (Å²) in [5.74, 6) is 0.0246. The van der Waals surface area contributed by atoms with Crippen molar-refractivity contribution in [2.24, 2.45) is 0 Å². The molecule has 1 saturated heterocycles. The van der Waals surface area contributed by atoms with E-state index in [1.165, 1.54) is 0 Å². The van der Waals surface area contributed by atoms with Gasteiger partial charge in [-0.05, 0) is 60.7 Å². The summed E-state index contributed by atoms with van der Waals surface area (Å²) in [6, 6.07) is 12.0. The maximum atomic E-state index is 13.2. The van der Waals surface area contributed by atoms with E-state index < -0.39 is 17.7 Å². The van der Waals surface area contributed by atoms with Crippen molar-refractivity contribution >= 4 is 17.4 Å². The molecule has 6 nitrogen and oxygen atoms in total. The Morgan fingerprint density at radius 1 is 1.14 bits per heavy atom. The summed E-state index contributed by atoms with van der Waals surface area (Å²) >= 11 is 0. The lowest BCUT2D eigenvalue weighted by atomic mass is 9.93. The second-order valence-electron chi connectivity index (χ2n) is 8.86. The molecule has 0 radical (unpaired) electrons. The summed E-state index contributed by atoms with van der Waals surface area (Å²) in [6.07, 6.45) is 3.27. The Bertz CT molecular complexity index is 1120. The molecule has 0 saturated carbocycles. The molecule has 2 aromatic carbocycles. The van der Waals surface area contributed by atoms with E-state index in [9.17, 15) is 14.7 Å². The largest absolute Gasteiger partial charge is 0.507 e. The maximum Gasteiger partial charge on any atom is 0.295 e. The van der Waals surface area contributed by atoms with Crippen LogP contribution in [-0.2, 0) is 9.59 Å². The molecule has 1 unspecified atom stereocenters. The van der Waals surface area contributed by atoms with E-state index in [2.05, 4.69) is 6.58 Å². The number of aliphatic hydroxyl groups is 1. The smallest absolute Gasteiger partial charge is 0.295 e. The summed E-state index contributed by atoms with van der Waals surface area (Å²) in [7, 11) is 0. The van der Waals surface area contributed by atoms with Crippen LogP contribution < -0.4 is 9.47 Å². The molecule has 2 aromatic rings. The lowest BCUT2D eigenvalue weighted by Gasteiger charge is -2.25. The molecule has 1 heterocycles. The Labute approximate surface area is 207 Å². The molecule has 3 rings (SSSR count). The number of ketones is 1. The predicted octanol–water partition coefficient (Wildman–Crippen LogP) is 6.00.